The molecule has 0 aromatic heterocycles. The molecule has 1 atom stereocenters. The highest BCUT2D eigenvalue weighted by molar-refractivity contribution is 5.76. The Hall–Kier alpha value is -0.940. The van der Waals surface area contributed by atoms with Crippen LogP contribution >= 0.6 is 0 Å². The number of halogens is 3. The summed E-state index contributed by atoms with van der Waals surface area (Å²) >= 11 is 0. The number of rotatable bonds is 1. The summed E-state index contributed by atoms with van der Waals surface area (Å²) in [5, 5.41) is 2.38. The molecule has 1 fully saturated rings. The quantitative estimate of drug-likeness (QED) is 0.652. The van der Waals surface area contributed by atoms with Gasteiger partial charge in [0.25, 0.3) is 0 Å². The van der Waals surface area contributed by atoms with Gasteiger partial charge in [0.15, 0.2) is 0 Å². The Morgan fingerprint density at radius 3 is 2.67 bits per heavy atom. The Morgan fingerprint density at radius 2 is 2.33 bits per heavy atom. The van der Waals surface area contributed by atoms with E-state index in [1.54, 1.807) is 6.92 Å². The number of amides is 2. The van der Waals surface area contributed by atoms with Crippen molar-refractivity contribution in [1.29, 1.82) is 0 Å². The zero-order valence-electron chi connectivity index (χ0n) is 6.48. The first kappa shape index (κ1) is 9.15. The largest absolute Gasteiger partial charge is 0.406 e. The average Bonchev–Trinajstić information content (AvgIpc) is 2.06. The molecule has 3 nitrogen and oxygen atoms in total. The minimum atomic E-state index is -4.30. The molecule has 1 aliphatic heterocycles. The van der Waals surface area contributed by atoms with Gasteiger partial charge in [-0.2, -0.15) is 13.2 Å². The average molecular weight is 184 g/mol. The second kappa shape index (κ2) is 2.84. The van der Waals surface area contributed by atoms with Crippen LogP contribution < -0.4 is 5.32 Å². The van der Waals surface area contributed by atoms with Gasteiger partial charge in [0.05, 0.1) is 0 Å². The van der Waals surface area contributed by atoms with E-state index in [-0.39, 0.29) is 14.0 Å². The molecule has 1 heterocycles. The minimum Gasteiger partial charge on any atom is -0.334 e. The van der Waals surface area contributed by atoms with Crippen molar-refractivity contribution in [1.82, 2.24) is 10.2 Å². The van der Waals surface area contributed by atoms with Gasteiger partial charge >= 0.3 is 12.2 Å². The monoisotopic (exact) mass is 184 g/mol. The maximum Gasteiger partial charge on any atom is 0.406 e. The highest BCUT2D eigenvalue weighted by atomic mass is 19.4. The zero-order chi connectivity index (χ0) is 9.35. The Morgan fingerprint density at radius 1 is 1.75 bits per heavy atom. The second-order valence-electron chi connectivity index (χ2n) is 2.85. The molecule has 0 bridgehead atoms. The van der Waals surface area contributed by atoms with E-state index in [9.17, 15) is 18.0 Å². The molecule has 0 aliphatic carbocycles. The summed E-state index contributed by atoms with van der Waals surface area (Å²) in [6, 6.07) is -0.834. The van der Waals surface area contributed by atoms with Crippen LogP contribution in [0.15, 0.2) is 0 Å². The van der Waals surface area contributed by atoms with Crippen LogP contribution in [0, 0.1) is 0 Å². The lowest BCUT2D eigenvalue weighted by molar-refractivity contribution is -0.138. The van der Waals surface area contributed by atoms with Crippen LogP contribution in [0.25, 0.3) is 0 Å². The summed E-state index contributed by atoms with van der Waals surface area (Å²) in [7, 11) is 0. The van der Waals surface area contributed by atoms with E-state index in [4.69, 9.17) is 0 Å². The second-order valence-corrected chi connectivity index (χ2v) is 2.85. The smallest absolute Gasteiger partial charge is 0.334 e. The van der Waals surface area contributed by atoms with Gasteiger partial charge in [0.2, 0.25) is 0 Å². The molecule has 1 saturated heterocycles. The van der Waals surface area contributed by atoms with Gasteiger partial charge in [0.1, 0.15) is 6.54 Å². The van der Waals surface area contributed by atoms with E-state index in [1.807, 2.05) is 0 Å². The summed E-state index contributed by atoms with van der Waals surface area (Å²) in [5.41, 5.74) is 0. The lowest BCUT2D eigenvalue weighted by Crippen LogP contribution is -2.36. The highest BCUT2D eigenvalue weighted by Crippen LogP contribution is 2.18. The third-order valence-corrected chi connectivity index (χ3v) is 1.52. The first-order valence-electron chi connectivity index (χ1n) is 3.50. The van der Waals surface area contributed by atoms with Gasteiger partial charge in [-0.05, 0) is 6.92 Å². The molecule has 0 saturated carbocycles. The van der Waals surface area contributed by atoms with Crippen molar-refractivity contribution in [2.24, 2.45) is 0 Å². The van der Waals surface area contributed by atoms with E-state index < -0.39 is 18.8 Å². The SMILES string of the molecule is CC1CN(CC(F)(F)F)C(=O)N1.[HH]. The fraction of sp³-hybridized carbons (Fsp3) is 0.833. The molecule has 1 rings (SSSR count). The van der Waals surface area contributed by atoms with Crippen molar-refractivity contribution < 1.29 is 19.4 Å². The molecule has 0 aromatic rings. The normalized spacial score (nSPS) is 24.5. The van der Waals surface area contributed by atoms with E-state index in [0.29, 0.717) is 0 Å². The minimum absolute atomic E-state index is 0. The predicted octanol–water partition coefficient (Wildman–Crippen LogP) is 1.21. The van der Waals surface area contributed by atoms with Crippen LogP contribution in [0.2, 0.25) is 0 Å². The fourth-order valence-corrected chi connectivity index (χ4v) is 1.11. The third kappa shape index (κ3) is 2.28. The van der Waals surface area contributed by atoms with Crippen LogP contribution in [0.3, 0.4) is 0 Å². The summed E-state index contributed by atoms with van der Waals surface area (Å²) in [4.78, 5) is 11.5. The van der Waals surface area contributed by atoms with Crippen molar-refractivity contribution in [3.8, 4) is 0 Å². The fourth-order valence-electron chi connectivity index (χ4n) is 1.11. The Bertz CT molecular complexity index is 197. The number of urea groups is 1. The molecule has 0 aromatic carbocycles. The number of hydrogen-bond donors (Lipinski definition) is 1. The number of nitrogens with zero attached hydrogens (tertiary/aromatic N) is 1. The lowest BCUT2D eigenvalue weighted by Gasteiger charge is -2.15. The van der Waals surface area contributed by atoms with Gasteiger partial charge < -0.3 is 10.2 Å². The van der Waals surface area contributed by atoms with Crippen molar-refractivity contribution in [2.75, 3.05) is 13.1 Å². The molecule has 12 heavy (non-hydrogen) atoms. The first-order chi connectivity index (χ1) is 5.38. The van der Waals surface area contributed by atoms with Crippen molar-refractivity contribution >= 4 is 6.03 Å². The van der Waals surface area contributed by atoms with Crippen molar-refractivity contribution in [3.05, 3.63) is 0 Å². The van der Waals surface area contributed by atoms with Crippen LogP contribution in [0.4, 0.5) is 18.0 Å². The van der Waals surface area contributed by atoms with Gasteiger partial charge in [-0.1, -0.05) is 0 Å². The van der Waals surface area contributed by atoms with Crippen LogP contribution in [-0.2, 0) is 0 Å². The maximum absolute atomic E-state index is 11.8. The molecule has 1 aliphatic rings. The van der Waals surface area contributed by atoms with Gasteiger partial charge in [0, 0.05) is 14.0 Å². The molecular weight excluding hydrogens is 173 g/mol. The predicted molar refractivity (Wildman–Crippen MR) is 37.7 cm³/mol. The number of carbonyl (C=O) groups is 1. The summed E-state index contributed by atoms with van der Waals surface area (Å²) in [6.45, 7) is 0.621. The Balaban J connectivity index is 0.00000144. The molecule has 0 radical (unpaired) electrons. The molecule has 0 spiro atoms. The van der Waals surface area contributed by atoms with Gasteiger partial charge in [-0.25, -0.2) is 4.79 Å². The molecule has 1 unspecified atom stereocenters. The topological polar surface area (TPSA) is 32.3 Å². The van der Waals surface area contributed by atoms with E-state index in [0.717, 1.165) is 4.90 Å². The van der Waals surface area contributed by atoms with Gasteiger partial charge in [-0.3, -0.25) is 0 Å². The van der Waals surface area contributed by atoms with Crippen molar-refractivity contribution in [3.63, 3.8) is 0 Å². The Labute approximate surface area is 69.0 Å². The molecule has 72 valence electrons. The number of nitrogens with one attached hydrogen (secondary N) is 1. The summed E-state index contributed by atoms with van der Waals surface area (Å²) in [5.74, 6) is 0. The van der Waals surface area contributed by atoms with Gasteiger partial charge in [-0.15, -0.1) is 0 Å². The third-order valence-electron chi connectivity index (χ3n) is 1.52. The number of hydrogen-bond acceptors (Lipinski definition) is 1. The van der Waals surface area contributed by atoms with E-state index in [2.05, 4.69) is 5.32 Å². The maximum atomic E-state index is 11.8. The molecule has 6 heteroatoms. The van der Waals surface area contributed by atoms with E-state index in [1.165, 1.54) is 0 Å². The van der Waals surface area contributed by atoms with Crippen LogP contribution in [0.5, 0.6) is 0 Å². The van der Waals surface area contributed by atoms with Crippen LogP contribution in [0.1, 0.15) is 8.35 Å². The molecular formula is C6H11F3N2O. The first-order valence-corrected chi connectivity index (χ1v) is 3.50. The summed E-state index contributed by atoms with van der Waals surface area (Å²) < 4.78 is 35.4. The van der Waals surface area contributed by atoms with Crippen LogP contribution in [-0.4, -0.2) is 36.2 Å². The highest BCUT2D eigenvalue weighted by Gasteiger charge is 2.36. The lowest BCUT2D eigenvalue weighted by atomic mass is 10.3. The Kier molecular flexibility index (Phi) is 2.16. The molecule has 2 amide bonds. The van der Waals surface area contributed by atoms with Crippen molar-refractivity contribution in [2.45, 2.75) is 19.1 Å². The van der Waals surface area contributed by atoms with E-state index >= 15 is 0 Å². The number of carbonyl (C=O) groups excluding carboxylic acids is 1. The number of alkyl halides is 3. The summed E-state index contributed by atoms with van der Waals surface area (Å²) in [6.07, 6.45) is -4.30. The standard InChI is InChI=1S/C6H9F3N2O.H2/c1-4-2-11(5(12)10-4)3-6(7,8)9;/h4H,2-3H2,1H3,(H,10,12);1H. The zero-order valence-corrected chi connectivity index (χ0v) is 6.48. The molecule has 1 N–H and O–H groups in total.